The van der Waals surface area contributed by atoms with Crippen molar-refractivity contribution in [3.8, 4) is 0 Å². The molecule has 1 aromatic carbocycles. The van der Waals surface area contributed by atoms with Crippen LogP contribution in [0.15, 0.2) is 36.0 Å². The van der Waals surface area contributed by atoms with Gasteiger partial charge in [-0.3, -0.25) is 0 Å². The highest BCUT2D eigenvalue weighted by atomic mass is 35.5. The Morgan fingerprint density at radius 3 is 2.19 bits per heavy atom. The Balaban J connectivity index is 2.87. The summed E-state index contributed by atoms with van der Waals surface area (Å²) in [5.74, 6) is -0.149. The molecule has 1 unspecified atom stereocenters. The Morgan fingerprint density at radius 2 is 1.75 bits per heavy atom. The van der Waals surface area contributed by atoms with E-state index in [-0.39, 0.29) is 5.92 Å². The summed E-state index contributed by atoms with van der Waals surface area (Å²) in [5.41, 5.74) is 3.19. The van der Waals surface area contributed by atoms with Crippen molar-refractivity contribution in [2.24, 2.45) is 0 Å². The molecule has 16 heavy (non-hydrogen) atoms. The third-order valence-electron chi connectivity index (χ3n) is 2.21. The fourth-order valence-electron chi connectivity index (χ4n) is 1.31. The number of carbonyl (C=O) groups excluding carboxylic acids is 1. The van der Waals surface area contributed by atoms with Crippen molar-refractivity contribution in [3.63, 3.8) is 0 Å². The van der Waals surface area contributed by atoms with Crippen LogP contribution in [0.5, 0.6) is 0 Å². The Labute approximate surface area is 103 Å². The van der Waals surface area contributed by atoms with Crippen LogP contribution in [0.25, 0.3) is 0 Å². The minimum Gasteiger partial charge on any atom is -0.302 e. The molecule has 0 N–H and O–H groups in total. The first-order valence-corrected chi connectivity index (χ1v) is 9.28. The highest BCUT2D eigenvalue weighted by Gasteiger charge is 2.11. The number of aldehydes is 1. The predicted molar refractivity (Wildman–Crippen MR) is 72.7 cm³/mol. The Morgan fingerprint density at radius 1 is 1.19 bits per heavy atom. The first kappa shape index (κ1) is 13.2. The summed E-state index contributed by atoms with van der Waals surface area (Å²) in [6.07, 6.45) is 2.97. The standard InChI is InChI=1S/C13H17ClOSi/c1-16(2,3)9-8-12(10-15)11-4-6-13(14)7-5-11/h4-10,12H,1-3H3/b9-8+. The van der Waals surface area contributed by atoms with Gasteiger partial charge in [-0.05, 0) is 17.7 Å². The van der Waals surface area contributed by atoms with Gasteiger partial charge < -0.3 is 4.79 Å². The summed E-state index contributed by atoms with van der Waals surface area (Å²) in [6, 6.07) is 7.43. The topological polar surface area (TPSA) is 17.1 Å². The van der Waals surface area contributed by atoms with E-state index in [2.05, 4.69) is 25.3 Å². The van der Waals surface area contributed by atoms with Crippen LogP contribution in [-0.4, -0.2) is 14.4 Å². The van der Waals surface area contributed by atoms with Crippen LogP contribution < -0.4 is 0 Å². The van der Waals surface area contributed by atoms with E-state index in [4.69, 9.17) is 11.6 Å². The molecule has 0 fully saturated rings. The van der Waals surface area contributed by atoms with Crippen molar-refractivity contribution in [2.75, 3.05) is 0 Å². The molecule has 1 atom stereocenters. The van der Waals surface area contributed by atoms with Gasteiger partial charge >= 0.3 is 0 Å². The minimum atomic E-state index is -1.25. The van der Waals surface area contributed by atoms with Crippen LogP contribution in [0.3, 0.4) is 0 Å². The van der Waals surface area contributed by atoms with Crippen LogP contribution in [-0.2, 0) is 4.79 Å². The summed E-state index contributed by atoms with van der Waals surface area (Å²) in [7, 11) is -1.25. The highest BCUT2D eigenvalue weighted by molar-refractivity contribution is 6.80. The van der Waals surface area contributed by atoms with Gasteiger partial charge in [-0.1, -0.05) is 55.2 Å². The van der Waals surface area contributed by atoms with E-state index in [0.29, 0.717) is 5.02 Å². The lowest BCUT2D eigenvalue weighted by molar-refractivity contribution is -0.108. The van der Waals surface area contributed by atoms with Gasteiger partial charge in [0.2, 0.25) is 0 Å². The van der Waals surface area contributed by atoms with Crippen molar-refractivity contribution in [3.05, 3.63) is 46.6 Å². The monoisotopic (exact) mass is 252 g/mol. The van der Waals surface area contributed by atoms with Crippen LogP contribution in [0, 0.1) is 0 Å². The van der Waals surface area contributed by atoms with Crippen molar-refractivity contribution in [1.82, 2.24) is 0 Å². The maximum absolute atomic E-state index is 11.0. The van der Waals surface area contributed by atoms with Crippen molar-refractivity contribution < 1.29 is 4.79 Å². The molecule has 3 heteroatoms. The van der Waals surface area contributed by atoms with Crippen LogP contribution >= 0.6 is 11.6 Å². The molecule has 0 aliphatic heterocycles. The van der Waals surface area contributed by atoms with E-state index in [0.717, 1.165) is 11.8 Å². The zero-order valence-electron chi connectivity index (χ0n) is 9.91. The number of hydrogen-bond acceptors (Lipinski definition) is 1. The number of halogens is 1. The molecular formula is C13H17ClOSi. The van der Waals surface area contributed by atoms with Gasteiger partial charge in [0.1, 0.15) is 6.29 Å². The highest BCUT2D eigenvalue weighted by Crippen LogP contribution is 2.19. The smallest absolute Gasteiger partial charge is 0.131 e. The molecule has 0 saturated carbocycles. The average Bonchev–Trinajstić information content (AvgIpc) is 2.20. The molecule has 1 aromatic rings. The van der Waals surface area contributed by atoms with E-state index in [1.807, 2.05) is 30.3 Å². The lowest BCUT2D eigenvalue weighted by Gasteiger charge is -2.11. The summed E-state index contributed by atoms with van der Waals surface area (Å²) < 4.78 is 0. The lowest BCUT2D eigenvalue weighted by atomic mass is 10.0. The molecule has 0 spiro atoms. The van der Waals surface area contributed by atoms with Crippen molar-refractivity contribution in [1.29, 1.82) is 0 Å². The first-order valence-electron chi connectivity index (χ1n) is 5.32. The molecule has 86 valence electrons. The van der Waals surface area contributed by atoms with Crippen LogP contribution in [0.2, 0.25) is 24.7 Å². The zero-order chi connectivity index (χ0) is 12.2. The van der Waals surface area contributed by atoms with Gasteiger partial charge in [0.15, 0.2) is 0 Å². The fourth-order valence-corrected chi connectivity index (χ4v) is 2.22. The minimum absolute atomic E-state index is 0.149. The van der Waals surface area contributed by atoms with E-state index < -0.39 is 8.07 Å². The summed E-state index contributed by atoms with van der Waals surface area (Å²) in [6.45, 7) is 6.73. The molecule has 0 bridgehead atoms. The van der Waals surface area contributed by atoms with Gasteiger partial charge in [0, 0.05) is 5.02 Å². The molecule has 0 aliphatic rings. The molecule has 1 rings (SSSR count). The molecule has 0 aromatic heterocycles. The van der Waals surface area contributed by atoms with E-state index in [1.54, 1.807) is 0 Å². The molecular weight excluding hydrogens is 236 g/mol. The average molecular weight is 253 g/mol. The Hall–Kier alpha value is -0.863. The fraction of sp³-hybridized carbons (Fsp3) is 0.308. The molecule has 1 nitrogen and oxygen atoms in total. The number of benzene rings is 1. The van der Waals surface area contributed by atoms with Gasteiger partial charge in [0.05, 0.1) is 14.0 Å². The second-order valence-electron chi connectivity index (χ2n) is 4.94. The van der Waals surface area contributed by atoms with Gasteiger partial charge in [-0.2, -0.15) is 0 Å². The number of allylic oxidation sites excluding steroid dienone is 1. The van der Waals surface area contributed by atoms with Gasteiger partial charge in [-0.15, -0.1) is 0 Å². The largest absolute Gasteiger partial charge is 0.302 e. The van der Waals surface area contributed by atoms with E-state index in [9.17, 15) is 4.79 Å². The van der Waals surface area contributed by atoms with Crippen molar-refractivity contribution in [2.45, 2.75) is 25.6 Å². The van der Waals surface area contributed by atoms with Crippen LogP contribution in [0.4, 0.5) is 0 Å². The zero-order valence-corrected chi connectivity index (χ0v) is 11.7. The predicted octanol–water partition coefficient (Wildman–Crippen LogP) is 4.06. The molecule has 0 radical (unpaired) electrons. The van der Waals surface area contributed by atoms with E-state index >= 15 is 0 Å². The van der Waals surface area contributed by atoms with Gasteiger partial charge in [0.25, 0.3) is 0 Å². The van der Waals surface area contributed by atoms with Crippen molar-refractivity contribution >= 4 is 26.0 Å². The third-order valence-corrected chi connectivity index (χ3v) is 3.65. The second kappa shape index (κ2) is 5.46. The number of hydrogen-bond donors (Lipinski definition) is 0. The van der Waals surface area contributed by atoms with Crippen LogP contribution in [0.1, 0.15) is 11.5 Å². The summed E-state index contributed by atoms with van der Waals surface area (Å²) in [4.78, 5) is 11.0. The molecule has 0 aliphatic carbocycles. The number of carbonyl (C=O) groups is 1. The first-order chi connectivity index (χ1) is 7.42. The maximum Gasteiger partial charge on any atom is 0.131 e. The quantitative estimate of drug-likeness (QED) is 0.584. The lowest BCUT2D eigenvalue weighted by Crippen LogP contribution is -2.16. The molecule has 0 saturated heterocycles. The summed E-state index contributed by atoms with van der Waals surface area (Å²) in [5, 5.41) is 0.697. The Kier molecular flexibility index (Phi) is 4.51. The number of rotatable bonds is 4. The Bertz CT molecular complexity index is 376. The SMILES string of the molecule is C[Si](C)(C)/C=C/C(C=O)c1ccc(Cl)cc1. The molecule has 0 heterocycles. The molecule has 0 amide bonds. The summed E-state index contributed by atoms with van der Waals surface area (Å²) >= 11 is 5.81. The normalized spacial score (nSPS) is 14.0. The van der Waals surface area contributed by atoms with E-state index in [1.165, 1.54) is 0 Å². The van der Waals surface area contributed by atoms with Gasteiger partial charge in [-0.25, -0.2) is 0 Å². The third kappa shape index (κ3) is 4.33. The second-order valence-corrected chi connectivity index (χ2v) is 10.4. The maximum atomic E-state index is 11.0.